The van der Waals surface area contributed by atoms with Gasteiger partial charge in [-0.3, -0.25) is 4.79 Å². The van der Waals surface area contributed by atoms with E-state index in [0.29, 0.717) is 6.42 Å². The number of rotatable bonds is 4. The minimum absolute atomic E-state index is 0.122. The summed E-state index contributed by atoms with van der Waals surface area (Å²) in [6.45, 7) is 2.51. The Morgan fingerprint density at radius 2 is 2.38 bits per heavy atom. The van der Waals surface area contributed by atoms with Crippen molar-refractivity contribution in [2.75, 3.05) is 6.61 Å². The van der Waals surface area contributed by atoms with Crippen molar-refractivity contribution in [3.63, 3.8) is 0 Å². The second-order valence-electron chi connectivity index (χ2n) is 4.30. The first kappa shape index (κ1) is 11.1. The standard InChI is InChI=1S/C13H17NO2/c1-9(14)12(15)4-2-10-3-5-13-11(8-10)6-7-16-13/h3,5,8-9H,2,4,6-7,14H2,1H3. The van der Waals surface area contributed by atoms with Gasteiger partial charge in [0.1, 0.15) is 11.5 Å². The van der Waals surface area contributed by atoms with Gasteiger partial charge < -0.3 is 10.5 Å². The molecule has 3 nitrogen and oxygen atoms in total. The summed E-state index contributed by atoms with van der Waals surface area (Å²) in [6.07, 6.45) is 2.27. The molecule has 1 aliphatic rings. The fourth-order valence-corrected chi connectivity index (χ4v) is 1.89. The number of benzene rings is 1. The molecule has 0 fully saturated rings. The highest BCUT2D eigenvalue weighted by atomic mass is 16.5. The van der Waals surface area contributed by atoms with Gasteiger partial charge in [0.05, 0.1) is 12.6 Å². The third-order valence-corrected chi connectivity index (χ3v) is 2.92. The SMILES string of the molecule is CC(N)C(=O)CCc1ccc2c(c1)CCO2. The van der Waals surface area contributed by atoms with E-state index in [4.69, 9.17) is 10.5 Å². The molecule has 2 N–H and O–H groups in total. The van der Waals surface area contributed by atoms with Crippen molar-refractivity contribution < 1.29 is 9.53 Å². The van der Waals surface area contributed by atoms with Crippen LogP contribution >= 0.6 is 0 Å². The van der Waals surface area contributed by atoms with Crippen LogP contribution in [0.3, 0.4) is 0 Å². The molecule has 16 heavy (non-hydrogen) atoms. The zero-order valence-corrected chi connectivity index (χ0v) is 9.53. The molecule has 0 saturated heterocycles. The number of ether oxygens (including phenoxy) is 1. The highest BCUT2D eigenvalue weighted by Gasteiger charge is 2.13. The van der Waals surface area contributed by atoms with Crippen LogP contribution in [0.25, 0.3) is 0 Å². The van der Waals surface area contributed by atoms with Gasteiger partial charge in [-0.15, -0.1) is 0 Å². The number of hydrogen-bond donors (Lipinski definition) is 1. The molecule has 0 radical (unpaired) electrons. The first-order valence-electron chi connectivity index (χ1n) is 5.69. The number of hydrogen-bond acceptors (Lipinski definition) is 3. The number of fused-ring (bicyclic) bond motifs is 1. The van der Waals surface area contributed by atoms with Crippen LogP contribution in [0.5, 0.6) is 5.75 Å². The lowest BCUT2D eigenvalue weighted by molar-refractivity contribution is -0.119. The van der Waals surface area contributed by atoms with E-state index in [1.54, 1.807) is 6.92 Å². The summed E-state index contributed by atoms with van der Waals surface area (Å²) in [7, 11) is 0. The molecule has 0 bridgehead atoms. The second kappa shape index (κ2) is 4.66. The van der Waals surface area contributed by atoms with Crippen LogP contribution in [0.1, 0.15) is 24.5 Å². The van der Waals surface area contributed by atoms with E-state index in [9.17, 15) is 4.79 Å². The molecule has 1 aromatic rings. The van der Waals surface area contributed by atoms with Crippen LogP contribution in [0.4, 0.5) is 0 Å². The summed E-state index contributed by atoms with van der Waals surface area (Å²) >= 11 is 0. The molecule has 2 rings (SSSR count). The number of aryl methyl sites for hydroxylation is 1. The maximum atomic E-state index is 11.4. The molecule has 1 unspecified atom stereocenters. The van der Waals surface area contributed by atoms with Crippen molar-refractivity contribution in [3.8, 4) is 5.75 Å². The average Bonchev–Trinajstić information content (AvgIpc) is 2.72. The summed E-state index contributed by atoms with van der Waals surface area (Å²) in [6, 6.07) is 5.81. The minimum atomic E-state index is -0.349. The fraction of sp³-hybridized carbons (Fsp3) is 0.462. The molecule has 0 aromatic heterocycles. The van der Waals surface area contributed by atoms with Gasteiger partial charge in [0.2, 0.25) is 0 Å². The van der Waals surface area contributed by atoms with Crippen LogP contribution in [-0.4, -0.2) is 18.4 Å². The molecule has 3 heteroatoms. The number of carbonyl (C=O) groups is 1. The van der Waals surface area contributed by atoms with Crippen molar-refractivity contribution >= 4 is 5.78 Å². The Morgan fingerprint density at radius 3 is 3.12 bits per heavy atom. The Balaban J connectivity index is 1.98. The van der Waals surface area contributed by atoms with E-state index in [1.807, 2.05) is 12.1 Å². The summed E-state index contributed by atoms with van der Waals surface area (Å²) in [5.74, 6) is 1.11. The van der Waals surface area contributed by atoms with Crippen molar-refractivity contribution in [1.82, 2.24) is 0 Å². The third-order valence-electron chi connectivity index (χ3n) is 2.92. The molecular formula is C13H17NO2. The summed E-state index contributed by atoms with van der Waals surface area (Å²) < 4.78 is 5.43. The Morgan fingerprint density at radius 1 is 1.56 bits per heavy atom. The Kier molecular flexibility index (Phi) is 3.25. The molecule has 0 saturated carbocycles. The quantitative estimate of drug-likeness (QED) is 0.834. The van der Waals surface area contributed by atoms with Gasteiger partial charge in [-0.1, -0.05) is 12.1 Å². The first-order chi connectivity index (χ1) is 7.66. The maximum absolute atomic E-state index is 11.4. The number of Topliss-reactive ketones (excluding diaryl/α,β-unsaturated/α-hetero) is 1. The van der Waals surface area contributed by atoms with Gasteiger partial charge in [-0.2, -0.15) is 0 Å². The van der Waals surface area contributed by atoms with Crippen LogP contribution in [0, 0.1) is 0 Å². The molecule has 0 amide bonds. The Hall–Kier alpha value is -1.35. The smallest absolute Gasteiger partial charge is 0.149 e. The second-order valence-corrected chi connectivity index (χ2v) is 4.30. The van der Waals surface area contributed by atoms with Gasteiger partial charge in [0, 0.05) is 12.8 Å². The summed E-state index contributed by atoms with van der Waals surface area (Å²) in [4.78, 5) is 11.4. The van der Waals surface area contributed by atoms with Crippen molar-refractivity contribution in [2.45, 2.75) is 32.2 Å². The number of ketones is 1. The summed E-state index contributed by atoms with van der Waals surface area (Å²) in [5.41, 5.74) is 7.97. The minimum Gasteiger partial charge on any atom is -0.493 e. The molecular weight excluding hydrogens is 202 g/mol. The van der Waals surface area contributed by atoms with E-state index in [0.717, 1.165) is 25.2 Å². The fourth-order valence-electron chi connectivity index (χ4n) is 1.89. The van der Waals surface area contributed by atoms with Gasteiger partial charge in [0.15, 0.2) is 0 Å². The van der Waals surface area contributed by atoms with Gasteiger partial charge in [-0.25, -0.2) is 0 Å². The lowest BCUT2D eigenvalue weighted by Crippen LogP contribution is -2.26. The van der Waals surface area contributed by atoms with E-state index in [-0.39, 0.29) is 11.8 Å². The zero-order chi connectivity index (χ0) is 11.5. The van der Waals surface area contributed by atoms with Crippen molar-refractivity contribution in [3.05, 3.63) is 29.3 Å². The van der Waals surface area contributed by atoms with E-state index < -0.39 is 0 Å². The molecule has 1 aliphatic heterocycles. The van der Waals surface area contributed by atoms with Gasteiger partial charge in [-0.05, 0) is 30.5 Å². The normalized spacial score (nSPS) is 15.4. The molecule has 0 aliphatic carbocycles. The van der Waals surface area contributed by atoms with Crippen LogP contribution in [0.2, 0.25) is 0 Å². The topological polar surface area (TPSA) is 52.3 Å². The van der Waals surface area contributed by atoms with Gasteiger partial charge in [0.25, 0.3) is 0 Å². The highest BCUT2D eigenvalue weighted by Crippen LogP contribution is 2.26. The lowest BCUT2D eigenvalue weighted by Gasteiger charge is -2.05. The third kappa shape index (κ3) is 2.42. The zero-order valence-electron chi connectivity index (χ0n) is 9.53. The number of nitrogens with two attached hydrogens (primary N) is 1. The monoisotopic (exact) mass is 219 g/mol. The molecule has 1 atom stereocenters. The molecule has 86 valence electrons. The largest absolute Gasteiger partial charge is 0.493 e. The Bertz CT molecular complexity index is 399. The van der Waals surface area contributed by atoms with Gasteiger partial charge >= 0.3 is 0 Å². The van der Waals surface area contributed by atoms with Crippen LogP contribution < -0.4 is 10.5 Å². The van der Waals surface area contributed by atoms with Crippen LogP contribution in [0.15, 0.2) is 18.2 Å². The molecule has 1 aromatic carbocycles. The first-order valence-corrected chi connectivity index (χ1v) is 5.69. The molecule has 0 spiro atoms. The lowest BCUT2D eigenvalue weighted by atomic mass is 10.0. The van der Waals surface area contributed by atoms with Crippen molar-refractivity contribution in [2.24, 2.45) is 5.73 Å². The molecule has 1 heterocycles. The van der Waals surface area contributed by atoms with Crippen LogP contribution in [-0.2, 0) is 17.6 Å². The highest BCUT2D eigenvalue weighted by molar-refractivity contribution is 5.83. The van der Waals surface area contributed by atoms with E-state index in [1.165, 1.54) is 11.1 Å². The average molecular weight is 219 g/mol. The maximum Gasteiger partial charge on any atom is 0.149 e. The predicted octanol–water partition coefficient (Wildman–Crippen LogP) is 1.47. The Labute approximate surface area is 95.6 Å². The number of carbonyl (C=O) groups excluding carboxylic acids is 1. The summed E-state index contributed by atoms with van der Waals surface area (Å²) in [5, 5.41) is 0. The van der Waals surface area contributed by atoms with E-state index in [2.05, 4.69) is 6.07 Å². The van der Waals surface area contributed by atoms with E-state index >= 15 is 0 Å². The predicted molar refractivity (Wildman–Crippen MR) is 62.6 cm³/mol. The van der Waals surface area contributed by atoms with Crippen molar-refractivity contribution in [1.29, 1.82) is 0 Å².